The van der Waals surface area contributed by atoms with Crippen LogP contribution in [0.4, 0.5) is 34.1 Å². The number of anilines is 6. The quantitative estimate of drug-likeness (QED) is 0.0488. The Hall–Kier alpha value is -8.64. The first-order valence-electron chi connectivity index (χ1n) is 18.4. The average Bonchev–Trinajstić information content (AvgIpc) is 3.30. The summed E-state index contributed by atoms with van der Waals surface area (Å²) in [7, 11) is 0. The zero-order valence-electron chi connectivity index (χ0n) is 31.4. The molecule has 0 heterocycles. The van der Waals surface area contributed by atoms with Crippen LogP contribution in [0.5, 0.6) is 57.5 Å². The highest BCUT2D eigenvalue weighted by atomic mass is 16.4. The molecular formula is C48H36N2O10. The van der Waals surface area contributed by atoms with E-state index in [9.17, 15) is 51.1 Å². The highest BCUT2D eigenvalue weighted by Crippen LogP contribution is 2.59. The van der Waals surface area contributed by atoms with Gasteiger partial charge in [-0.05, 0) is 81.9 Å². The zero-order chi connectivity index (χ0) is 42.2. The molecule has 0 spiro atoms. The lowest BCUT2D eigenvalue weighted by molar-refractivity contribution is 0.329. The highest BCUT2D eigenvalue weighted by molar-refractivity contribution is 5.92. The summed E-state index contributed by atoms with van der Waals surface area (Å²) >= 11 is 0. The third-order valence-electron chi connectivity index (χ3n) is 10.2. The second kappa shape index (κ2) is 15.4. The molecule has 12 nitrogen and oxygen atoms in total. The van der Waals surface area contributed by atoms with Gasteiger partial charge in [0, 0.05) is 22.7 Å². The molecule has 0 amide bonds. The molecule has 0 atom stereocenters. The van der Waals surface area contributed by atoms with Crippen molar-refractivity contribution < 1.29 is 51.1 Å². The molecule has 0 saturated carbocycles. The zero-order valence-corrected chi connectivity index (χ0v) is 31.4. The Morgan fingerprint density at radius 3 is 0.600 bits per heavy atom. The van der Waals surface area contributed by atoms with E-state index in [1.165, 1.54) is 9.80 Å². The lowest BCUT2D eigenvalue weighted by Gasteiger charge is -2.28. The van der Waals surface area contributed by atoms with Crippen molar-refractivity contribution in [3.05, 3.63) is 158 Å². The average molecular weight is 801 g/mol. The molecule has 0 saturated heterocycles. The van der Waals surface area contributed by atoms with Crippen LogP contribution in [0.1, 0.15) is 0 Å². The lowest BCUT2D eigenvalue weighted by atomic mass is 10.0. The third-order valence-corrected chi connectivity index (χ3v) is 10.2. The largest absolute Gasteiger partial charge is 0.503 e. The van der Waals surface area contributed by atoms with E-state index in [1.54, 1.807) is 72.8 Å². The molecule has 0 aliphatic rings. The van der Waals surface area contributed by atoms with Crippen molar-refractivity contribution in [1.29, 1.82) is 0 Å². The Labute approximate surface area is 342 Å². The molecule has 0 aliphatic carbocycles. The van der Waals surface area contributed by atoms with Gasteiger partial charge in [0.1, 0.15) is 11.4 Å². The Morgan fingerprint density at radius 2 is 0.383 bits per heavy atom. The van der Waals surface area contributed by atoms with Crippen LogP contribution in [-0.2, 0) is 0 Å². The fraction of sp³-hybridized carbons (Fsp3) is 0. The minimum absolute atomic E-state index is 0.387. The highest BCUT2D eigenvalue weighted by Gasteiger charge is 2.31. The van der Waals surface area contributed by atoms with Gasteiger partial charge in [-0.2, -0.15) is 0 Å². The van der Waals surface area contributed by atoms with E-state index in [0.717, 1.165) is 22.3 Å². The number of hydrogen-bond acceptors (Lipinski definition) is 12. The maximum Gasteiger partial charge on any atom is 0.208 e. The van der Waals surface area contributed by atoms with E-state index in [2.05, 4.69) is 0 Å². The summed E-state index contributed by atoms with van der Waals surface area (Å²) in [5.41, 5.74) is 5.95. The normalized spacial score (nSPS) is 11.0. The first kappa shape index (κ1) is 38.2. The minimum Gasteiger partial charge on any atom is -0.503 e. The van der Waals surface area contributed by atoms with Crippen LogP contribution < -0.4 is 9.80 Å². The summed E-state index contributed by atoms with van der Waals surface area (Å²) < 4.78 is 0. The van der Waals surface area contributed by atoms with Gasteiger partial charge in [0.2, 0.25) is 34.5 Å². The van der Waals surface area contributed by atoms with Crippen LogP contribution in [0.25, 0.3) is 33.4 Å². The molecular weight excluding hydrogens is 765 g/mol. The molecule has 0 aliphatic heterocycles. The van der Waals surface area contributed by atoms with E-state index in [4.69, 9.17) is 0 Å². The topological polar surface area (TPSA) is 209 Å². The number of aromatic hydroxyl groups is 10. The lowest BCUT2D eigenvalue weighted by Crippen LogP contribution is -2.11. The van der Waals surface area contributed by atoms with Crippen LogP contribution in [0.3, 0.4) is 0 Å². The van der Waals surface area contributed by atoms with Gasteiger partial charge >= 0.3 is 0 Å². The number of rotatable bonds is 9. The van der Waals surface area contributed by atoms with Gasteiger partial charge < -0.3 is 60.9 Å². The molecule has 0 unspecified atom stereocenters. The Balaban J connectivity index is 1.18. The number of benzene rings is 8. The molecule has 60 heavy (non-hydrogen) atoms. The van der Waals surface area contributed by atoms with E-state index < -0.39 is 57.5 Å². The standard InChI is InChI=1S/C48H36N2O10/c51-39-37(40(52)44(56)47(59)43(39)55)49(33-19-11-29(12-20-33)27-7-3-1-4-8-27)35-23-15-31(16-24-35)32-17-25-36(26-18-32)50(38-41(53)45(57)48(60)46(58)42(38)54)34-21-13-30(14-22-34)28-9-5-2-6-10-28/h1-26,51-60H. The van der Waals surface area contributed by atoms with Crippen LogP contribution in [0.15, 0.2) is 158 Å². The maximum atomic E-state index is 11.0. The predicted octanol–water partition coefficient (Wildman–Crippen LogP) is 10.7. The SMILES string of the molecule is Oc1c(O)c(O)c(N(c2ccc(-c3ccccc3)cc2)c2ccc(-c3ccc(N(c4ccc(-c5ccccc5)cc4)c4c(O)c(O)c(O)c(O)c4O)cc3)cc2)c(O)c1O. The summed E-state index contributed by atoms with van der Waals surface area (Å²) in [4.78, 5) is 2.82. The first-order valence-corrected chi connectivity index (χ1v) is 18.4. The van der Waals surface area contributed by atoms with Gasteiger partial charge in [-0.25, -0.2) is 0 Å². The summed E-state index contributed by atoms with van der Waals surface area (Å²) in [6, 6.07) is 47.3. The van der Waals surface area contributed by atoms with Gasteiger partial charge in [-0.3, -0.25) is 0 Å². The van der Waals surface area contributed by atoms with E-state index >= 15 is 0 Å². The number of phenolic OH excluding ortho intramolecular Hbond substituents is 10. The molecule has 8 aromatic rings. The minimum atomic E-state index is -1.08. The van der Waals surface area contributed by atoms with Gasteiger partial charge in [0.15, 0.2) is 23.0 Å². The molecule has 0 radical (unpaired) electrons. The van der Waals surface area contributed by atoms with Crippen LogP contribution in [0.2, 0.25) is 0 Å². The van der Waals surface area contributed by atoms with Crippen molar-refractivity contribution in [3.8, 4) is 90.9 Å². The second-order valence-electron chi connectivity index (χ2n) is 13.8. The second-order valence-corrected chi connectivity index (χ2v) is 13.8. The molecule has 8 rings (SSSR count). The molecule has 0 bridgehead atoms. The van der Waals surface area contributed by atoms with Gasteiger partial charge in [-0.1, -0.05) is 109 Å². The van der Waals surface area contributed by atoms with E-state index in [-0.39, 0.29) is 11.4 Å². The summed E-state index contributed by atoms with van der Waals surface area (Å²) in [5, 5.41) is 106. The molecule has 12 heteroatoms. The van der Waals surface area contributed by atoms with Crippen LogP contribution in [-0.4, -0.2) is 51.1 Å². The first-order chi connectivity index (χ1) is 28.9. The smallest absolute Gasteiger partial charge is 0.208 e. The monoisotopic (exact) mass is 800 g/mol. The predicted molar refractivity (Wildman–Crippen MR) is 229 cm³/mol. The van der Waals surface area contributed by atoms with Crippen molar-refractivity contribution in [2.24, 2.45) is 0 Å². The van der Waals surface area contributed by atoms with Gasteiger partial charge in [0.05, 0.1) is 0 Å². The van der Waals surface area contributed by atoms with E-state index in [1.807, 2.05) is 84.9 Å². The molecule has 10 N–H and O–H groups in total. The number of phenols is 10. The van der Waals surface area contributed by atoms with Crippen molar-refractivity contribution in [1.82, 2.24) is 0 Å². The summed E-state index contributed by atoms with van der Waals surface area (Å²) in [6.07, 6.45) is 0. The van der Waals surface area contributed by atoms with Gasteiger partial charge in [-0.15, -0.1) is 0 Å². The third kappa shape index (κ3) is 6.69. The molecule has 0 fully saturated rings. The molecule has 298 valence electrons. The van der Waals surface area contributed by atoms with E-state index in [0.29, 0.717) is 33.9 Å². The molecule has 8 aromatic carbocycles. The van der Waals surface area contributed by atoms with Gasteiger partial charge in [0.25, 0.3) is 0 Å². The summed E-state index contributed by atoms with van der Waals surface area (Å²) in [5.74, 6) is -9.76. The van der Waals surface area contributed by atoms with Crippen molar-refractivity contribution >= 4 is 34.1 Å². The molecule has 0 aromatic heterocycles. The van der Waals surface area contributed by atoms with Crippen molar-refractivity contribution in [2.75, 3.05) is 9.80 Å². The Bertz CT molecular complexity index is 2580. The maximum absolute atomic E-state index is 11.0. The van der Waals surface area contributed by atoms with Crippen LogP contribution >= 0.6 is 0 Å². The fourth-order valence-electron chi connectivity index (χ4n) is 7.06. The van der Waals surface area contributed by atoms with Crippen molar-refractivity contribution in [3.63, 3.8) is 0 Å². The Kier molecular flexibility index (Phi) is 9.79. The fourth-order valence-corrected chi connectivity index (χ4v) is 7.06. The van der Waals surface area contributed by atoms with Crippen LogP contribution in [0, 0.1) is 0 Å². The number of hydrogen-bond donors (Lipinski definition) is 10. The van der Waals surface area contributed by atoms with Crippen molar-refractivity contribution in [2.45, 2.75) is 0 Å². The Morgan fingerprint density at radius 1 is 0.200 bits per heavy atom. The summed E-state index contributed by atoms with van der Waals surface area (Å²) in [6.45, 7) is 0. The number of nitrogens with zero attached hydrogens (tertiary/aromatic N) is 2.